The van der Waals surface area contributed by atoms with E-state index >= 15 is 0 Å². The number of morpholine rings is 1. The van der Waals surface area contributed by atoms with E-state index in [1.165, 1.54) is 36.4 Å². The van der Waals surface area contributed by atoms with Gasteiger partial charge in [-0.15, -0.1) is 0 Å². The maximum Gasteiger partial charge on any atom is 0.254 e. The molecule has 2 heterocycles. The zero-order chi connectivity index (χ0) is 22.3. The van der Waals surface area contributed by atoms with Crippen LogP contribution in [0.15, 0.2) is 60.9 Å². The van der Waals surface area contributed by atoms with Crippen LogP contribution in [0.1, 0.15) is 21.7 Å². The number of hydrogen-bond acceptors (Lipinski definition) is 4. The fourth-order valence-electron chi connectivity index (χ4n) is 3.71. The fraction of sp³-hybridized carbons (Fsp3) is 0.333. The molecule has 1 aliphatic heterocycles. The van der Waals surface area contributed by atoms with Gasteiger partial charge >= 0.3 is 0 Å². The quantitative estimate of drug-likeness (QED) is 0.540. The first-order chi connectivity index (χ1) is 15.6. The first-order valence-corrected chi connectivity index (χ1v) is 10.7. The highest BCUT2D eigenvalue weighted by Crippen LogP contribution is 2.13. The lowest BCUT2D eigenvalue weighted by molar-refractivity contribution is 0.0318. The highest BCUT2D eigenvalue weighted by atomic mass is 19.1. The van der Waals surface area contributed by atoms with Crippen LogP contribution in [0, 0.1) is 11.6 Å². The van der Waals surface area contributed by atoms with Crippen molar-refractivity contribution in [1.29, 1.82) is 0 Å². The molecule has 2 aromatic carbocycles. The van der Waals surface area contributed by atoms with Crippen LogP contribution >= 0.6 is 0 Å². The average Bonchev–Trinajstić information content (AvgIpc) is 3.25. The van der Waals surface area contributed by atoms with Crippen molar-refractivity contribution >= 4 is 5.91 Å². The van der Waals surface area contributed by atoms with Crippen LogP contribution in [0.25, 0.3) is 0 Å². The molecule has 0 atom stereocenters. The number of imidazole rings is 1. The zero-order valence-corrected chi connectivity index (χ0v) is 17.8. The van der Waals surface area contributed by atoms with Crippen LogP contribution in [-0.2, 0) is 17.8 Å². The molecule has 0 spiro atoms. The Morgan fingerprint density at radius 3 is 2.34 bits per heavy atom. The monoisotopic (exact) mass is 440 g/mol. The maximum absolute atomic E-state index is 13.4. The summed E-state index contributed by atoms with van der Waals surface area (Å²) < 4.78 is 33.9. The van der Waals surface area contributed by atoms with Crippen molar-refractivity contribution in [3.8, 4) is 0 Å². The van der Waals surface area contributed by atoms with E-state index in [0.717, 1.165) is 31.0 Å². The third-order valence-corrected chi connectivity index (χ3v) is 5.57. The first kappa shape index (κ1) is 22.1. The summed E-state index contributed by atoms with van der Waals surface area (Å²) in [5.41, 5.74) is 1.38. The molecule has 1 fully saturated rings. The molecule has 0 aliphatic carbocycles. The molecule has 4 rings (SSSR count). The summed E-state index contributed by atoms with van der Waals surface area (Å²) in [5.74, 6) is -0.101. The number of halogens is 2. The minimum atomic E-state index is -0.378. The van der Waals surface area contributed by atoms with Crippen molar-refractivity contribution in [3.63, 3.8) is 0 Å². The molecule has 1 aliphatic rings. The Morgan fingerprint density at radius 1 is 1.00 bits per heavy atom. The molecule has 0 radical (unpaired) electrons. The van der Waals surface area contributed by atoms with Gasteiger partial charge in [-0.05, 0) is 42.0 Å². The van der Waals surface area contributed by atoms with Gasteiger partial charge in [-0.3, -0.25) is 9.69 Å². The largest absolute Gasteiger partial charge is 0.379 e. The number of ether oxygens (including phenoxy) is 1. The number of aromatic nitrogens is 2. The summed E-state index contributed by atoms with van der Waals surface area (Å²) in [5, 5.41) is 0. The second-order valence-electron chi connectivity index (χ2n) is 7.79. The number of carbonyl (C=O) groups excluding carboxylic acids is 1. The molecule has 0 bridgehead atoms. The molecule has 32 heavy (non-hydrogen) atoms. The van der Waals surface area contributed by atoms with Gasteiger partial charge in [-0.2, -0.15) is 0 Å². The van der Waals surface area contributed by atoms with Crippen LogP contribution in [0.5, 0.6) is 0 Å². The summed E-state index contributed by atoms with van der Waals surface area (Å²) in [7, 11) is 0. The minimum absolute atomic E-state index is 0.172. The number of benzene rings is 2. The first-order valence-electron chi connectivity index (χ1n) is 10.7. The molecule has 3 aromatic rings. The lowest BCUT2D eigenvalue weighted by Gasteiger charge is -2.30. The van der Waals surface area contributed by atoms with Gasteiger partial charge in [0.15, 0.2) is 0 Å². The van der Waals surface area contributed by atoms with E-state index in [4.69, 9.17) is 4.74 Å². The summed E-state index contributed by atoms with van der Waals surface area (Å²) >= 11 is 0. The normalized spacial score (nSPS) is 14.4. The molecule has 1 saturated heterocycles. The Balaban J connectivity index is 1.50. The van der Waals surface area contributed by atoms with Crippen molar-refractivity contribution in [2.75, 3.05) is 39.4 Å². The molecule has 0 unspecified atom stereocenters. The van der Waals surface area contributed by atoms with Gasteiger partial charge in [0.25, 0.3) is 5.91 Å². The standard InChI is InChI=1S/C24H26F2N4O2/c25-21-5-1-19(2-6-21)17-29-10-9-27-23(29)18-30(12-11-28-13-15-32-16-14-28)24(31)20-3-7-22(26)8-4-20/h1-10H,11-18H2. The van der Waals surface area contributed by atoms with Gasteiger partial charge in [0, 0.05) is 50.7 Å². The molecule has 0 saturated carbocycles. The van der Waals surface area contributed by atoms with Gasteiger partial charge < -0.3 is 14.2 Å². The van der Waals surface area contributed by atoms with Crippen LogP contribution in [-0.4, -0.2) is 64.7 Å². The van der Waals surface area contributed by atoms with E-state index in [9.17, 15) is 13.6 Å². The van der Waals surface area contributed by atoms with E-state index in [2.05, 4.69) is 9.88 Å². The Kier molecular flexibility index (Phi) is 7.24. The lowest BCUT2D eigenvalue weighted by atomic mass is 10.2. The summed E-state index contributed by atoms with van der Waals surface area (Å²) in [6.07, 6.45) is 3.54. The van der Waals surface area contributed by atoms with Crippen molar-refractivity contribution in [1.82, 2.24) is 19.4 Å². The Bertz CT molecular complexity index is 1020. The number of hydrogen-bond donors (Lipinski definition) is 0. The topological polar surface area (TPSA) is 50.6 Å². The van der Waals surface area contributed by atoms with Gasteiger partial charge in [0.1, 0.15) is 17.5 Å². The fourth-order valence-corrected chi connectivity index (χ4v) is 3.71. The third-order valence-electron chi connectivity index (χ3n) is 5.57. The number of carbonyl (C=O) groups is 1. The van der Waals surface area contributed by atoms with Crippen LogP contribution in [0.2, 0.25) is 0 Å². The molecule has 168 valence electrons. The van der Waals surface area contributed by atoms with Crippen LogP contribution in [0.4, 0.5) is 8.78 Å². The van der Waals surface area contributed by atoms with Crippen molar-refractivity contribution in [3.05, 3.63) is 89.5 Å². The van der Waals surface area contributed by atoms with Crippen molar-refractivity contribution in [2.24, 2.45) is 0 Å². The Morgan fingerprint density at radius 2 is 1.66 bits per heavy atom. The third kappa shape index (κ3) is 5.77. The van der Waals surface area contributed by atoms with E-state index < -0.39 is 0 Å². The van der Waals surface area contributed by atoms with Gasteiger partial charge in [0.05, 0.1) is 19.8 Å². The summed E-state index contributed by atoms with van der Waals surface area (Å²) in [4.78, 5) is 21.7. The van der Waals surface area contributed by atoms with E-state index in [1.807, 2.05) is 10.8 Å². The number of rotatable bonds is 8. The summed E-state index contributed by atoms with van der Waals surface area (Å²) in [6, 6.07) is 11.9. The van der Waals surface area contributed by atoms with Crippen molar-refractivity contribution in [2.45, 2.75) is 13.1 Å². The highest BCUT2D eigenvalue weighted by Gasteiger charge is 2.20. The zero-order valence-electron chi connectivity index (χ0n) is 17.8. The molecular weight excluding hydrogens is 414 g/mol. The minimum Gasteiger partial charge on any atom is -0.379 e. The van der Waals surface area contributed by atoms with Gasteiger partial charge in [-0.25, -0.2) is 13.8 Å². The van der Waals surface area contributed by atoms with Crippen LogP contribution < -0.4 is 0 Å². The molecule has 1 amide bonds. The van der Waals surface area contributed by atoms with E-state index in [0.29, 0.717) is 38.4 Å². The van der Waals surface area contributed by atoms with Crippen LogP contribution in [0.3, 0.4) is 0 Å². The second kappa shape index (κ2) is 10.5. The molecule has 0 N–H and O–H groups in total. The predicted octanol–water partition coefficient (Wildman–Crippen LogP) is 3.18. The number of amides is 1. The smallest absolute Gasteiger partial charge is 0.254 e. The van der Waals surface area contributed by atoms with E-state index in [1.54, 1.807) is 23.2 Å². The SMILES string of the molecule is O=C(c1ccc(F)cc1)N(CCN1CCOCC1)Cc1nccn1Cc1ccc(F)cc1. The van der Waals surface area contributed by atoms with Gasteiger partial charge in [0.2, 0.25) is 0 Å². The average molecular weight is 440 g/mol. The highest BCUT2D eigenvalue weighted by molar-refractivity contribution is 5.94. The lowest BCUT2D eigenvalue weighted by Crippen LogP contribution is -2.43. The molecule has 6 nitrogen and oxygen atoms in total. The molecule has 8 heteroatoms. The summed E-state index contributed by atoms with van der Waals surface area (Å²) in [6.45, 7) is 5.11. The van der Waals surface area contributed by atoms with Crippen molar-refractivity contribution < 1.29 is 18.3 Å². The van der Waals surface area contributed by atoms with Gasteiger partial charge in [-0.1, -0.05) is 12.1 Å². The molecule has 1 aromatic heterocycles. The molecular formula is C24H26F2N4O2. The predicted molar refractivity (Wildman–Crippen MR) is 116 cm³/mol. The maximum atomic E-state index is 13.4. The van der Waals surface area contributed by atoms with E-state index in [-0.39, 0.29) is 17.5 Å². The number of nitrogens with zero attached hydrogens (tertiary/aromatic N) is 4. The second-order valence-corrected chi connectivity index (χ2v) is 7.79. The Hall–Kier alpha value is -3.10. The Labute approximate surface area is 186 Å².